The van der Waals surface area contributed by atoms with Gasteiger partial charge in [-0.3, -0.25) is 4.79 Å². The highest BCUT2D eigenvalue weighted by atomic mass is 16.5. The summed E-state index contributed by atoms with van der Waals surface area (Å²) in [7, 11) is 1.47. The number of carbonyl (C=O) groups excluding carboxylic acids is 1. The number of hydrogen-bond acceptors (Lipinski definition) is 3. The minimum atomic E-state index is -0.0197. The maximum absolute atomic E-state index is 11.1. The third kappa shape index (κ3) is 1.33. The Hall–Kier alpha value is -0.570. The van der Waals surface area contributed by atoms with E-state index in [0.29, 0.717) is 12.0 Å². The molecule has 1 saturated carbocycles. The fourth-order valence-corrected chi connectivity index (χ4v) is 2.16. The van der Waals surface area contributed by atoms with Crippen molar-refractivity contribution in [2.24, 2.45) is 11.8 Å². The number of methoxy groups -OCH3 is 1. The van der Waals surface area contributed by atoms with Gasteiger partial charge < -0.3 is 10.1 Å². The molecule has 12 heavy (non-hydrogen) atoms. The summed E-state index contributed by atoms with van der Waals surface area (Å²) >= 11 is 0. The highest BCUT2D eigenvalue weighted by Gasteiger charge is 2.48. The minimum Gasteiger partial charge on any atom is -0.469 e. The van der Waals surface area contributed by atoms with Gasteiger partial charge in [0, 0.05) is 6.04 Å². The van der Waals surface area contributed by atoms with Gasteiger partial charge in [0.2, 0.25) is 0 Å². The molecule has 0 radical (unpaired) electrons. The molecule has 1 saturated heterocycles. The maximum Gasteiger partial charge on any atom is 0.309 e. The Kier molecular flexibility index (Phi) is 2.05. The van der Waals surface area contributed by atoms with Crippen LogP contribution in [0.5, 0.6) is 0 Å². The van der Waals surface area contributed by atoms with E-state index in [1.54, 1.807) is 0 Å². The molecule has 3 atom stereocenters. The summed E-state index contributed by atoms with van der Waals surface area (Å²) in [6, 6.07) is 0.592. The normalized spacial score (nSPS) is 39.6. The van der Waals surface area contributed by atoms with Crippen LogP contribution >= 0.6 is 0 Å². The van der Waals surface area contributed by atoms with Gasteiger partial charge >= 0.3 is 5.97 Å². The van der Waals surface area contributed by atoms with Crippen LogP contribution in [-0.4, -0.2) is 25.7 Å². The number of ether oxygens (including phenoxy) is 1. The highest BCUT2D eigenvalue weighted by molar-refractivity contribution is 5.75. The first-order valence-electron chi connectivity index (χ1n) is 4.64. The van der Waals surface area contributed by atoms with E-state index in [1.807, 2.05) is 0 Å². The molecular formula is C9H15NO2. The van der Waals surface area contributed by atoms with E-state index < -0.39 is 0 Å². The fraction of sp³-hybridized carbons (Fsp3) is 0.889. The fourth-order valence-electron chi connectivity index (χ4n) is 2.16. The lowest BCUT2D eigenvalue weighted by Crippen LogP contribution is -2.25. The number of carbonyl (C=O) groups is 1. The zero-order chi connectivity index (χ0) is 8.55. The summed E-state index contributed by atoms with van der Waals surface area (Å²) in [6.07, 6.45) is 3.53. The Bertz CT molecular complexity index is 187. The molecule has 68 valence electrons. The molecule has 0 spiro atoms. The monoisotopic (exact) mass is 169 g/mol. The topological polar surface area (TPSA) is 38.3 Å². The van der Waals surface area contributed by atoms with Crippen molar-refractivity contribution in [1.82, 2.24) is 5.32 Å². The van der Waals surface area contributed by atoms with Crippen LogP contribution in [0.15, 0.2) is 0 Å². The molecule has 2 rings (SSSR count). The molecule has 1 N–H and O–H groups in total. The van der Waals surface area contributed by atoms with E-state index in [-0.39, 0.29) is 11.9 Å². The van der Waals surface area contributed by atoms with Crippen molar-refractivity contribution < 1.29 is 9.53 Å². The number of rotatable bonds is 2. The van der Waals surface area contributed by atoms with E-state index in [0.717, 1.165) is 13.0 Å². The minimum absolute atomic E-state index is 0.0197. The van der Waals surface area contributed by atoms with Gasteiger partial charge in [-0.2, -0.15) is 0 Å². The first-order chi connectivity index (χ1) is 5.83. The summed E-state index contributed by atoms with van der Waals surface area (Å²) in [4.78, 5) is 11.1. The Morgan fingerprint density at radius 2 is 2.42 bits per heavy atom. The number of nitrogens with one attached hydrogen (secondary N) is 1. The van der Waals surface area contributed by atoms with Gasteiger partial charge in [0.1, 0.15) is 0 Å². The molecule has 3 heteroatoms. The van der Waals surface area contributed by atoms with Gasteiger partial charge in [-0.05, 0) is 31.7 Å². The van der Waals surface area contributed by atoms with Gasteiger partial charge in [-0.15, -0.1) is 0 Å². The lowest BCUT2D eigenvalue weighted by Gasteiger charge is -2.07. The van der Waals surface area contributed by atoms with Crippen molar-refractivity contribution in [1.29, 1.82) is 0 Å². The van der Waals surface area contributed by atoms with Crippen molar-refractivity contribution in [3.05, 3.63) is 0 Å². The molecule has 0 bridgehead atoms. The smallest absolute Gasteiger partial charge is 0.309 e. The molecule has 0 aromatic rings. The first-order valence-corrected chi connectivity index (χ1v) is 4.64. The Balaban J connectivity index is 1.82. The van der Waals surface area contributed by atoms with Crippen molar-refractivity contribution in [2.75, 3.05) is 13.7 Å². The van der Waals surface area contributed by atoms with Gasteiger partial charge in [0.05, 0.1) is 13.0 Å². The average Bonchev–Trinajstić information content (AvgIpc) is 2.71. The zero-order valence-corrected chi connectivity index (χ0v) is 7.38. The first kappa shape index (κ1) is 8.05. The van der Waals surface area contributed by atoms with Gasteiger partial charge in [-0.1, -0.05) is 0 Å². The molecule has 1 aliphatic heterocycles. The van der Waals surface area contributed by atoms with E-state index in [4.69, 9.17) is 4.74 Å². The van der Waals surface area contributed by atoms with Crippen molar-refractivity contribution in [3.8, 4) is 0 Å². The zero-order valence-electron chi connectivity index (χ0n) is 7.38. The second-order valence-electron chi connectivity index (χ2n) is 3.73. The summed E-state index contributed by atoms with van der Waals surface area (Å²) in [5.74, 6) is 0.749. The van der Waals surface area contributed by atoms with Gasteiger partial charge in [-0.25, -0.2) is 0 Å². The van der Waals surface area contributed by atoms with Crippen LogP contribution in [0.4, 0.5) is 0 Å². The van der Waals surface area contributed by atoms with Crippen LogP contribution in [-0.2, 0) is 9.53 Å². The predicted molar refractivity (Wildman–Crippen MR) is 44.6 cm³/mol. The molecule has 1 unspecified atom stereocenters. The SMILES string of the molecule is COC(=O)[C@@H]1C[C@H]1C1CCCN1. The van der Waals surface area contributed by atoms with Crippen LogP contribution in [0.1, 0.15) is 19.3 Å². The lowest BCUT2D eigenvalue weighted by atomic mass is 10.1. The van der Waals surface area contributed by atoms with Crippen molar-refractivity contribution in [2.45, 2.75) is 25.3 Å². The Labute approximate surface area is 72.5 Å². The molecule has 3 nitrogen and oxygen atoms in total. The van der Waals surface area contributed by atoms with Crippen LogP contribution < -0.4 is 5.32 Å². The second-order valence-corrected chi connectivity index (χ2v) is 3.73. The third-order valence-corrected chi connectivity index (χ3v) is 2.96. The van der Waals surface area contributed by atoms with Crippen LogP contribution in [0.3, 0.4) is 0 Å². The van der Waals surface area contributed by atoms with Gasteiger partial charge in [0.25, 0.3) is 0 Å². The molecule has 2 fully saturated rings. The maximum atomic E-state index is 11.1. The van der Waals surface area contributed by atoms with E-state index in [9.17, 15) is 4.79 Å². The summed E-state index contributed by atoms with van der Waals surface area (Å²) < 4.78 is 4.70. The predicted octanol–water partition coefficient (Wildman–Crippen LogP) is 0.547. The Morgan fingerprint density at radius 3 is 3.00 bits per heavy atom. The van der Waals surface area contributed by atoms with Crippen LogP contribution in [0.25, 0.3) is 0 Å². The van der Waals surface area contributed by atoms with E-state index in [1.165, 1.54) is 20.0 Å². The molecule has 0 aromatic heterocycles. The summed E-state index contributed by atoms with van der Waals surface area (Å²) in [5, 5.41) is 3.42. The molecule has 0 aromatic carbocycles. The molecular weight excluding hydrogens is 154 g/mol. The quantitative estimate of drug-likeness (QED) is 0.613. The Morgan fingerprint density at radius 1 is 1.58 bits per heavy atom. The van der Waals surface area contributed by atoms with Crippen LogP contribution in [0.2, 0.25) is 0 Å². The molecule has 1 aliphatic carbocycles. The lowest BCUT2D eigenvalue weighted by molar-refractivity contribution is -0.142. The van der Waals surface area contributed by atoms with E-state index in [2.05, 4.69) is 5.32 Å². The molecule has 0 amide bonds. The highest BCUT2D eigenvalue weighted by Crippen LogP contribution is 2.44. The van der Waals surface area contributed by atoms with Crippen molar-refractivity contribution in [3.63, 3.8) is 0 Å². The summed E-state index contributed by atoms with van der Waals surface area (Å²) in [6.45, 7) is 1.12. The van der Waals surface area contributed by atoms with Gasteiger partial charge in [0.15, 0.2) is 0 Å². The average molecular weight is 169 g/mol. The summed E-state index contributed by atoms with van der Waals surface area (Å²) in [5.41, 5.74) is 0. The largest absolute Gasteiger partial charge is 0.469 e. The van der Waals surface area contributed by atoms with E-state index >= 15 is 0 Å². The molecule has 2 aliphatic rings. The second kappa shape index (κ2) is 3.05. The van der Waals surface area contributed by atoms with Crippen molar-refractivity contribution >= 4 is 5.97 Å². The molecule has 1 heterocycles. The number of hydrogen-bond donors (Lipinski definition) is 1. The number of esters is 1. The third-order valence-electron chi connectivity index (χ3n) is 2.96. The van der Waals surface area contributed by atoms with Crippen LogP contribution in [0, 0.1) is 11.8 Å². The standard InChI is InChI=1S/C9H15NO2/c1-12-9(11)7-5-6(7)8-3-2-4-10-8/h6-8,10H,2-5H2,1H3/t6-,7-,8?/m1/s1.